The Balaban J connectivity index is 0.000000171. The molecule has 7 N–H and O–H groups in total. The summed E-state index contributed by atoms with van der Waals surface area (Å²) in [6.45, 7) is 0. The van der Waals surface area contributed by atoms with Gasteiger partial charge in [0.05, 0.1) is 6.20 Å². The Labute approximate surface area is 94.2 Å². The fourth-order valence-electron chi connectivity index (χ4n) is 0.867. The van der Waals surface area contributed by atoms with Gasteiger partial charge in [-0.3, -0.25) is 15.5 Å². The second kappa shape index (κ2) is 5.30. The molecule has 0 atom stereocenters. The Bertz CT molecular complexity index is 559. The molecule has 2 heterocycles. The van der Waals surface area contributed by atoms with Crippen LogP contribution < -0.4 is 32.8 Å². The number of hydrogen-bond donors (Lipinski definition) is 4. The normalized spacial score (nSPS) is 9.18. The quantitative estimate of drug-likeness (QED) is 0.386. The van der Waals surface area contributed by atoms with E-state index in [4.69, 9.17) is 11.5 Å². The summed E-state index contributed by atoms with van der Waals surface area (Å²) in [5, 5.41) is 10.2. The Kier molecular flexibility index (Phi) is 3.81. The van der Waals surface area contributed by atoms with Gasteiger partial charge >= 0.3 is 11.6 Å². The van der Waals surface area contributed by atoms with E-state index in [1.807, 2.05) is 9.97 Å². The van der Waals surface area contributed by atoms with E-state index in [9.17, 15) is 14.7 Å². The molecule has 17 heavy (non-hydrogen) atoms. The third kappa shape index (κ3) is 4.46. The zero-order chi connectivity index (χ0) is 12.8. The minimum Gasteiger partial charge on any atom is -0.860 e. The fourth-order valence-corrected chi connectivity index (χ4v) is 0.867. The van der Waals surface area contributed by atoms with Crippen molar-refractivity contribution in [2.45, 2.75) is 0 Å². The maximum atomic E-state index is 10.2. The topological polar surface area (TPSA) is 168 Å². The van der Waals surface area contributed by atoms with E-state index >= 15 is 0 Å². The summed E-state index contributed by atoms with van der Waals surface area (Å²) in [6.07, 6.45) is 1.64. The summed E-state index contributed by atoms with van der Waals surface area (Å²) in [5.74, 6) is 0.0926. The molecule has 2 rings (SSSR count). The third-order valence-electron chi connectivity index (χ3n) is 1.47. The summed E-state index contributed by atoms with van der Waals surface area (Å²) >= 11 is 0. The molecule has 0 spiro atoms. The largest absolute Gasteiger partial charge is 0.860 e. The smallest absolute Gasteiger partial charge is 0.388 e. The summed E-state index contributed by atoms with van der Waals surface area (Å²) in [7, 11) is 0. The Hall–Kier alpha value is -2.84. The van der Waals surface area contributed by atoms with Crippen LogP contribution in [0.25, 0.3) is 0 Å². The molecule has 0 amide bonds. The maximum absolute atomic E-state index is 10.2. The van der Waals surface area contributed by atoms with Crippen molar-refractivity contribution in [3.63, 3.8) is 0 Å². The van der Waals surface area contributed by atoms with Crippen molar-refractivity contribution in [3.05, 3.63) is 39.2 Å². The molecular formula is C8H10N6O3. The first-order valence-electron chi connectivity index (χ1n) is 4.37. The van der Waals surface area contributed by atoms with Crippen molar-refractivity contribution < 1.29 is 10.1 Å². The number of nitrogen functional groups attached to an aromatic ring is 2. The van der Waals surface area contributed by atoms with Crippen LogP contribution in [-0.4, -0.2) is 15.0 Å². The standard InChI is InChI=1S/C4H6N4.C4H4N2O3/c5-3-1-2-7-4(6)8-3;7-2-1-3(8)6-4(9)5-2/h1-2H,(H4,5,6,7,8);1H,(H3,5,6,7,8,9). The number of nitrogens with one attached hydrogen (secondary N) is 3. The minimum atomic E-state index is -0.771. The van der Waals surface area contributed by atoms with Crippen molar-refractivity contribution in [1.82, 2.24) is 15.0 Å². The lowest BCUT2D eigenvalue weighted by molar-refractivity contribution is -0.364. The van der Waals surface area contributed by atoms with E-state index in [0.717, 1.165) is 6.07 Å². The lowest BCUT2D eigenvalue weighted by Gasteiger charge is -1.98. The minimum absolute atomic E-state index is 0.338. The molecule has 0 unspecified atom stereocenters. The third-order valence-corrected chi connectivity index (χ3v) is 1.47. The van der Waals surface area contributed by atoms with Gasteiger partial charge < -0.3 is 15.8 Å². The molecule has 0 aliphatic heterocycles. The van der Waals surface area contributed by atoms with E-state index < -0.39 is 17.1 Å². The van der Waals surface area contributed by atoms with Gasteiger partial charge in [-0.2, -0.15) is 0 Å². The van der Waals surface area contributed by atoms with Gasteiger partial charge in [0.25, 0.3) is 5.56 Å². The highest BCUT2D eigenvalue weighted by Gasteiger charge is 1.93. The monoisotopic (exact) mass is 238 g/mol. The molecule has 2 aromatic rings. The predicted octanol–water partition coefficient (Wildman–Crippen LogP) is -2.80. The highest BCUT2D eigenvalue weighted by atomic mass is 16.3. The van der Waals surface area contributed by atoms with Crippen molar-refractivity contribution in [3.8, 4) is 5.88 Å². The van der Waals surface area contributed by atoms with Gasteiger partial charge in [-0.15, -0.1) is 0 Å². The van der Waals surface area contributed by atoms with Gasteiger partial charge in [0.1, 0.15) is 0 Å². The van der Waals surface area contributed by atoms with Crippen LogP contribution in [0, 0.1) is 0 Å². The van der Waals surface area contributed by atoms with E-state index in [2.05, 4.69) is 9.97 Å². The van der Waals surface area contributed by atoms with Crippen LogP contribution >= 0.6 is 0 Å². The number of aromatic nitrogens is 4. The van der Waals surface area contributed by atoms with Crippen LogP contribution in [0.4, 0.5) is 11.8 Å². The molecule has 0 saturated carbocycles. The fraction of sp³-hybridized carbons (Fsp3) is 0. The number of anilines is 2. The summed E-state index contributed by atoms with van der Waals surface area (Å²) < 4.78 is 0. The molecule has 9 heteroatoms. The summed E-state index contributed by atoms with van der Waals surface area (Å²) in [5.41, 5.74) is 9.01. The second-order valence-electron chi connectivity index (χ2n) is 2.85. The van der Waals surface area contributed by atoms with Gasteiger partial charge in [-0.05, 0) is 5.88 Å². The van der Waals surface area contributed by atoms with E-state index in [-0.39, 0.29) is 0 Å². The Morgan fingerprint density at radius 1 is 1.29 bits per heavy atom. The van der Waals surface area contributed by atoms with Gasteiger partial charge in [0, 0.05) is 12.1 Å². The van der Waals surface area contributed by atoms with Crippen molar-refractivity contribution >= 4 is 11.8 Å². The van der Waals surface area contributed by atoms with Gasteiger partial charge in [-0.1, -0.05) is 4.98 Å². The van der Waals surface area contributed by atoms with E-state index in [0.29, 0.717) is 11.8 Å². The number of nitrogens with zero attached hydrogens (tertiary/aromatic N) is 1. The second-order valence-corrected chi connectivity index (χ2v) is 2.85. The molecule has 0 bridgehead atoms. The molecule has 0 aliphatic rings. The van der Waals surface area contributed by atoms with Crippen LogP contribution in [0.3, 0.4) is 0 Å². The Morgan fingerprint density at radius 3 is 2.41 bits per heavy atom. The molecular weight excluding hydrogens is 228 g/mol. The van der Waals surface area contributed by atoms with Crippen molar-refractivity contribution in [1.29, 1.82) is 0 Å². The summed E-state index contributed by atoms with van der Waals surface area (Å²) in [4.78, 5) is 30.5. The van der Waals surface area contributed by atoms with Gasteiger partial charge in [0.2, 0.25) is 5.82 Å². The lowest BCUT2D eigenvalue weighted by Crippen LogP contribution is -2.22. The first-order valence-corrected chi connectivity index (χ1v) is 4.37. The van der Waals surface area contributed by atoms with Gasteiger partial charge in [-0.25, -0.2) is 9.78 Å². The SMILES string of the molecule is Nc1cc[nH+]c(N)n1.O=c1cc([O-])[nH]c(=O)[nH]1. The van der Waals surface area contributed by atoms with Gasteiger partial charge in [0.15, 0.2) is 0 Å². The predicted molar refractivity (Wildman–Crippen MR) is 56.7 cm³/mol. The number of aromatic amines is 3. The van der Waals surface area contributed by atoms with Crippen LogP contribution in [0.5, 0.6) is 5.88 Å². The average Bonchev–Trinajstić information content (AvgIpc) is 2.15. The number of nitrogens with two attached hydrogens (primary N) is 2. The van der Waals surface area contributed by atoms with Crippen LogP contribution in [0.2, 0.25) is 0 Å². The molecule has 0 fully saturated rings. The van der Waals surface area contributed by atoms with E-state index in [1.165, 1.54) is 0 Å². The van der Waals surface area contributed by atoms with E-state index in [1.54, 1.807) is 12.3 Å². The highest BCUT2D eigenvalue weighted by molar-refractivity contribution is 5.27. The molecule has 0 aromatic carbocycles. The molecule has 0 radical (unpaired) electrons. The first-order chi connectivity index (χ1) is 7.97. The molecule has 9 nitrogen and oxygen atoms in total. The number of hydrogen-bond acceptors (Lipinski definition) is 6. The molecule has 2 aromatic heterocycles. The first kappa shape index (κ1) is 12.2. The molecule has 0 saturated heterocycles. The highest BCUT2D eigenvalue weighted by Crippen LogP contribution is 1.90. The van der Waals surface area contributed by atoms with Crippen LogP contribution in [-0.2, 0) is 0 Å². The number of rotatable bonds is 0. The Morgan fingerprint density at radius 2 is 2.00 bits per heavy atom. The zero-order valence-electron chi connectivity index (χ0n) is 8.56. The van der Waals surface area contributed by atoms with Crippen LogP contribution in [0.1, 0.15) is 0 Å². The lowest BCUT2D eigenvalue weighted by atomic mass is 10.6. The molecule has 90 valence electrons. The maximum Gasteiger partial charge on any atom is 0.388 e. The average molecular weight is 238 g/mol. The molecule has 0 aliphatic carbocycles. The van der Waals surface area contributed by atoms with Crippen molar-refractivity contribution in [2.24, 2.45) is 0 Å². The van der Waals surface area contributed by atoms with Crippen LogP contribution in [0.15, 0.2) is 27.9 Å². The number of H-pyrrole nitrogens is 3. The zero-order valence-corrected chi connectivity index (χ0v) is 8.56. The van der Waals surface area contributed by atoms with Crippen molar-refractivity contribution in [2.75, 3.05) is 11.5 Å². The summed E-state index contributed by atoms with van der Waals surface area (Å²) in [6, 6.07) is 2.40.